The minimum atomic E-state index is 0.0106. The van der Waals surface area contributed by atoms with Crippen molar-refractivity contribution in [1.82, 2.24) is 20.6 Å². The van der Waals surface area contributed by atoms with Crippen LogP contribution < -0.4 is 15.5 Å². The van der Waals surface area contributed by atoms with Gasteiger partial charge in [0, 0.05) is 43.4 Å². The van der Waals surface area contributed by atoms with Gasteiger partial charge in [-0.05, 0) is 32.6 Å². The Bertz CT molecular complexity index is 577. The monoisotopic (exact) mass is 345 g/mol. The summed E-state index contributed by atoms with van der Waals surface area (Å²) in [5.41, 5.74) is 1.02. The van der Waals surface area contributed by atoms with Gasteiger partial charge in [0.05, 0.1) is 0 Å². The molecule has 6 nitrogen and oxygen atoms in total. The van der Waals surface area contributed by atoms with Gasteiger partial charge < -0.3 is 15.5 Å². The van der Waals surface area contributed by atoms with Crippen molar-refractivity contribution in [3.8, 4) is 0 Å². The summed E-state index contributed by atoms with van der Waals surface area (Å²) < 4.78 is 0. The van der Waals surface area contributed by atoms with Crippen molar-refractivity contribution in [2.45, 2.75) is 77.3 Å². The molecule has 0 spiro atoms. The van der Waals surface area contributed by atoms with Gasteiger partial charge in [-0.15, -0.1) is 0 Å². The van der Waals surface area contributed by atoms with E-state index >= 15 is 0 Å². The van der Waals surface area contributed by atoms with Gasteiger partial charge in [0.2, 0.25) is 0 Å². The number of carbonyl (C=O) groups is 1. The lowest BCUT2D eigenvalue weighted by Gasteiger charge is -2.34. The van der Waals surface area contributed by atoms with Crippen LogP contribution in [0, 0.1) is 6.92 Å². The highest BCUT2D eigenvalue weighted by atomic mass is 16.2. The molecule has 1 aliphatic carbocycles. The largest absolute Gasteiger partial charge is 0.356 e. The molecule has 25 heavy (non-hydrogen) atoms. The van der Waals surface area contributed by atoms with Crippen molar-refractivity contribution in [2.75, 3.05) is 18.0 Å². The van der Waals surface area contributed by atoms with Gasteiger partial charge in [0.1, 0.15) is 11.6 Å². The molecule has 1 aliphatic heterocycles. The first-order valence-corrected chi connectivity index (χ1v) is 9.80. The fourth-order valence-corrected chi connectivity index (χ4v) is 3.84. The van der Waals surface area contributed by atoms with E-state index in [1.165, 1.54) is 19.3 Å². The predicted octanol–water partition coefficient (Wildman–Crippen LogP) is 2.95. The summed E-state index contributed by atoms with van der Waals surface area (Å²) in [7, 11) is 0. The van der Waals surface area contributed by atoms with Crippen molar-refractivity contribution in [2.24, 2.45) is 0 Å². The van der Waals surface area contributed by atoms with E-state index in [1.807, 2.05) is 6.92 Å². The molecule has 6 heteroatoms. The molecule has 0 aromatic carbocycles. The van der Waals surface area contributed by atoms with Crippen LogP contribution in [0.2, 0.25) is 0 Å². The number of carbonyl (C=O) groups excluding carboxylic acids is 1. The minimum Gasteiger partial charge on any atom is -0.356 e. The predicted molar refractivity (Wildman–Crippen MR) is 99.9 cm³/mol. The molecule has 2 heterocycles. The number of aromatic nitrogens is 2. The maximum absolute atomic E-state index is 12.2. The number of hydrogen-bond acceptors (Lipinski definition) is 4. The molecule has 0 bridgehead atoms. The van der Waals surface area contributed by atoms with Crippen LogP contribution in [0.1, 0.15) is 63.4 Å². The molecule has 0 atom stereocenters. The third-order valence-electron chi connectivity index (χ3n) is 5.30. The number of urea groups is 1. The lowest BCUT2D eigenvalue weighted by atomic mass is 9.96. The third-order valence-corrected chi connectivity index (χ3v) is 5.30. The highest BCUT2D eigenvalue weighted by Gasteiger charge is 2.23. The second kappa shape index (κ2) is 8.50. The lowest BCUT2D eigenvalue weighted by molar-refractivity contribution is 0.226. The summed E-state index contributed by atoms with van der Waals surface area (Å²) in [6.45, 7) is 5.95. The van der Waals surface area contributed by atoms with E-state index in [0.29, 0.717) is 6.04 Å². The molecule has 0 radical (unpaired) electrons. The molecule has 1 saturated heterocycles. The van der Waals surface area contributed by atoms with E-state index in [9.17, 15) is 4.79 Å². The topological polar surface area (TPSA) is 70.2 Å². The maximum atomic E-state index is 12.2. The second-order valence-electron chi connectivity index (χ2n) is 7.35. The molecule has 2 amide bonds. The third kappa shape index (κ3) is 5.06. The quantitative estimate of drug-likeness (QED) is 0.880. The van der Waals surface area contributed by atoms with Gasteiger partial charge in [-0.3, -0.25) is 0 Å². The molecule has 0 unspecified atom stereocenters. The van der Waals surface area contributed by atoms with Gasteiger partial charge >= 0.3 is 6.03 Å². The van der Waals surface area contributed by atoms with Crippen LogP contribution in [0.3, 0.4) is 0 Å². The first-order chi connectivity index (χ1) is 12.1. The van der Waals surface area contributed by atoms with E-state index in [1.54, 1.807) is 0 Å². The van der Waals surface area contributed by atoms with Crippen molar-refractivity contribution in [1.29, 1.82) is 0 Å². The van der Waals surface area contributed by atoms with Crippen LogP contribution in [-0.2, 0) is 6.42 Å². The Balaban J connectivity index is 1.46. The van der Waals surface area contributed by atoms with E-state index in [4.69, 9.17) is 0 Å². The van der Waals surface area contributed by atoms with Gasteiger partial charge in [0.25, 0.3) is 0 Å². The fourth-order valence-electron chi connectivity index (χ4n) is 3.84. The smallest absolute Gasteiger partial charge is 0.315 e. The Morgan fingerprint density at radius 3 is 2.36 bits per heavy atom. The zero-order valence-electron chi connectivity index (χ0n) is 15.6. The average molecular weight is 345 g/mol. The normalized spacial score (nSPS) is 19.7. The number of nitrogens with zero attached hydrogens (tertiary/aromatic N) is 3. The summed E-state index contributed by atoms with van der Waals surface area (Å²) in [5, 5.41) is 6.31. The Morgan fingerprint density at radius 2 is 1.72 bits per heavy atom. The zero-order chi connectivity index (χ0) is 17.6. The number of rotatable bonds is 4. The Morgan fingerprint density at radius 1 is 1.08 bits per heavy atom. The Labute approximate surface area is 150 Å². The van der Waals surface area contributed by atoms with Gasteiger partial charge in [-0.1, -0.05) is 26.2 Å². The first kappa shape index (κ1) is 18.0. The molecular weight excluding hydrogens is 314 g/mol. The maximum Gasteiger partial charge on any atom is 0.315 e. The molecule has 2 fully saturated rings. The molecule has 2 N–H and O–H groups in total. The highest BCUT2D eigenvalue weighted by molar-refractivity contribution is 5.74. The minimum absolute atomic E-state index is 0.0106. The average Bonchev–Trinajstić information content (AvgIpc) is 2.62. The number of aryl methyl sites for hydroxylation is 2. The Kier molecular flexibility index (Phi) is 6.10. The van der Waals surface area contributed by atoms with Gasteiger partial charge in [-0.25, -0.2) is 14.8 Å². The highest BCUT2D eigenvalue weighted by Crippen LogP contribution is 2.20. The first-order valence-electron chi connectivity index (χ1n) is 9.80. The van der Waals surface area contributed by atoms with E-state index in [2.05, 4.69) is 38.5 Å². The zero-order valence-corrected chi connectivity index (χ0v) is 15.6. The Hall–Kier alpha value is -1.85. The van der Waals surface area contributed by atoms with Crippen molar-refractivity contribution >= 4 is 11.8 Å². The lowest BCUT2D eigenvalue weighted by Crippen LogP contribution is -2.50. The van der Waals surface area contributed by atoms with E-state index in [-0.39, 0.29) is 12.1 Å². The van der Waals surface area contributed by atoms with Crippen molar-refractivity contribution in [3.05, 3.63) is 17.6 Å². The van der Waals surface area contributed by atoms with Crippen LogP contribution in [0.5, 0.6) is 0 Å². The molecule has 1 aromatic rings. The fraction of sp³-hybridized carbons (Fsp3) is 0.737. The van der Waals surface area contributed by atoms with Crippen LogP contribution in [-0.4, -0.2) is 41.2 Å². The van der Waals surface area contributed by atoms with Crippen molar-refractivity contribution < 1.29 is 4.79 Å². The SMILES string of the molecule is CCc1nc(C)cc(N2CCC(NC(=O)NC3CCCCC3)CC2)n1. The van der Waals surface area contributed by atoms with Crippen LogP contribution >= 0.6 is 0 Å². The molecule has 1 aromatic heterocycles. The van der Waals surface area contributed by atoms with Crippen LogP contribution in [0.4, 0.5) is 10.6 Å². The van der Waals surface area contributed by atoms with Crippen LogP contribution in [0.25, 0.3) is 0 Å². The molecular formula is C19H31N5O. The summed E-state index contributed by atoms with van der Waals surface area (Å²) in [5.74, 6) is 1.93. The standard InChI is InChI=1S/C19H31N5O/c1-3-17-20-14(2)13-18(23-17)24-11-9-16(10-12-24)22-19(25)21-15-7-5-4-6-8-15/h13,15-16H,3-12H2,1-2H3,(H2,21,22,25). The van der Waals surface area contributed by atoms with E-state index in [0.717, 1.165) is 62.5 Å². The number of amides is 2. The van der Waals surface area contributed by atoms with Crippen molar-refractivity contribution in [3.63, 3.8) is 0 Å². The van der Waals surface area contributed by atoms with Gasteiger partial charge in [0.15, 0.2) is 0 Å². The molecule has 1 saturated carbocycles. The summed E-state index contributed by atoms with van der Waals surface area (Å²) in [6, 6.07) is 2.69. The number of piperidine rings is 1. The number of nitrogens with one attached hydrogen (secondary N) is 2. The molecule has 2 aliphatic rings. The summed E-state index contributed by atoms with van der Waals surface area (Å²) in [4.78, 5) is 23.6. The second-order valence-corrected chi connectivity index (χ2v) is 7.35. The number of anilines is 1. The molecule has 3 rings (SSSR count). The van der Waals surface area contributed by atoms with Crippen LogP contribution in [0.15, 0.2) is 6.07 Å². The molecule has 138 valence electrons. The number of hydrogen-bond donors (Lipinski definition) is 2. The summed E-state index contributed by atoms with van der Waals surface area (Å²) in [6.07, 6.45) is 8.81. The van der Waals surface area contributed by atoms with Gasteiger partial charge in [-0.2, -0.15) is 0 Å². The van der Waals surface area contributed by atoms with E-state index < -0.39 is 0 Å². The summed E-state index contributed by atoms with van der Waals surface area (Å²) >= 11 is 0.